The Kier molecular flexibility index (Phi) is 26.5. The maximum absolute atomic E-state index is 13.3. The first-order valence-corrected chi connectivity index (χ1v) is 25.2. The number of amides is 2. The number of nitrogens with zero attached hydrogens (tertiary/aromatic N) is 2. The van der Waals surface area contributed by atoms with Gasteiger partial charge in [0.05, 0.1) is 11.1 Å². The summed E-state index contributed by atoms with van der Waals surface area (Å²) in [5.41, 5.74) is -0.809. The van der Waals surface area contributed by atoms with Gasteiger partial charge in [0.1, 0.15) is 36.5 Å². The van der Waals surface area contributed by atoms with Gasteiger partial charge >= 0.3 is 48.4 Å². The van der Waals surface area contributed by atoms with E-state index in [4.69, 9.17) is 28.8 Å². The number of hydrogen-bond acceptors (Lipinski definition) is 12. The van der Waals surface area contributed by atoms with Crippen molar-refractivity contribution in [2.45, 2.75) is 156 Å². The van der Waals surface area contributed by atoms with E-state index in [0.29, 0.717) is 23.1 Å². The van der Waals surface area contributed by atoms with Gasteiger partial charge in [-0.25, -0.2) is 28.8 Å². The van der Waals surface area contributed by atoms with Crippen molar-refractivity contribution in [2.75, 3.05) is 14.1 Å². The number of alkyl halides is 6. The van der Waals surface area contributed by atoms with Crippen molar-refractivity contribution in [3.05, 3.63) is 143 Å². The van der Waals surface area contributed by atoms with E-state index in [1.165, 1.54) is 38.4 Å². The van der Waals surface area contributed by atoms with E-state index in [1.807, 2.05) is 33.8 Å². The van der Waals surface area contributed by atoms with E-state index < -0.39 is 95.0 Å². The predicted octanol–water partition coefficient (Wildman–Crippen LogP) is 12.1. The molecule has 21 heteroatoms. The molecule has 15 nitrogen and oxygen atoms in total. The Bertz CT molecular complexity index is 2540. The van der Waals surface area contributed by atoms with Crippen LogP contribution in [0.1, 0.15) is 117 Å². The lowest BCUT2D eigenvalue weighted by Gasteiger charge is -2.31. The quantitative estimate of drug-likeness (QED) is 0.0512. The van der Waals surface area contributed by atoms with Crippen LogP contribution in [0.2, 0.25) is 0 Å². The SMILES string of the molecule is CC(C)C[C@@H](C(=O)O)N(C)C(=O)OC(C)(C)C.CC(C)C[C@@H](C(=O)O[C@H](Cc1ccc(C(F)(F)F)cc1)C(=O)OCc1ccccc1)N(C)C(=O)OC(C)(C)C.O=C(OCc1ccccc1)[C@H](O)Cc1ccc(C(F)(F)F)cc1.[2HH]. The number of carbonyl (C=O) groups excluding carboxylic acids is 5. The molecule has 0 aliphatic carbocycles. The molecule has 0 fully saturated rings. The lowest BCUT2D eigenvalue weighted by Crippen LogP contribution is -2.47. The molecule has 2 amide bonds. The van der Waals surface area contributed by atoms with E-state index in [2.05, 4.69) is 0 Å². The smallest absolute Gasteiger partial charge is 0.416 e. The molecular weight excluding hydrogens is 1050 g/mol. The molecule has 0 aromatic heterocycles. The van der Waals surface area contributed by atoms with Crippen LogP contribution >= 0.6 is 0 Å². The minimum atomic E-state index is -4.52. The minimum Gasteiger partial charge on any atom is -0.480 e. The third kappa shape index (κ3) is 26.4. The number of esters is 3. The number of aliphatic hydroxyl groups is 1. The van der Waals surface area contributed by atoms with Crippen molar-refractivity contribution in [3.8, 4) is 0 Å². The number of aliphatic carboxylic acids is 1. The van der Waals surface area contributed by atoms with Gasteiger partial charge in [-0.15, -0.1) is 0 Å². The Balaban J connectivity index is 0.000000660. The number of carbonyl (C=O) groups is 6. The summed E-state index contributed by atoms with van der Waals surface area (Å²) >= 11 is 0. The van der Waals surface area contributed by atoms with Gasteiger partial charge in [0, 0.05) is 28.4 Å². The fraction of sp³-hybridized carbons (Fsp3) is 0.483. The largest absolute Gasteiger partial charge is 0.480 e. The molecule has 0 aliphatic heterocycles. The van der Waals surface area contributed by atoms with Gasteiger partial charge in [-0.2, -0.15) is 26.3 Å². The molecule has 0 saturated carbocycles. The summed E-state index contributed by atoms with van der Waals surface area (Å²) in [4.78, 5) is 75.8. The molecule has 0 bridgehead atoms. The molecule has 0 heterocycles. The topological polar surface area (TPSA) is 196 Å². The zero-order valence-electron chi connectivity index (χ0n) is 46.6. The van der Waals surface area contributed by atoms with Crippen molar-refractivity contribution in [1.82, 2.24) is 9.80 Å². The van der Waals surface area contributed by atoms with Crippen LogP contribution < -0.4 is 0 Å². The lowest BCUT2D eigenvalue weighted by atomic mass is 10.0. The summed E-state index contributed by atoms with van der Waals surface area (Å²) in [5.74, 6) is -3.37. The van der Waals surface area contributed by atoms with Crippen LogP contribution in [0, 0.1) is 11.8 Å². The van der Waals surface area contributed by atoms with Gasteiger partial charge in [0.15, 0.2) is 6.10 Å². The minimum absolute atomic E-state index is 0. The number of rotatable bonds is 19. The molecule has 2 N–H and O–H groups in total. The number of hydrogen-bond donors (Lipinski definition) is 2. The van der Waals surface area contributed by atoms with Gasteiger partial charge in [0.25, 0.3) is 0 Å². The monoisotopic (exact) mass is 1120 g/mol. The van der Waals surface area contributed by atoms with Crippen molar-refractivity contribution in [2.24, 2.45) is 11.8 Å². The first-order chi connectivity index (χ1) is 36.5. The second kappa shape index (κ2) is 30.8. The molecule has 79 heavy (non-hydrogen) atoms. The highest BCUT2D eigenvalue weighted by Gasteiger charge is 2.37. The van der Waals surface area contributed by atoms with Gasteiger partial charge in [-0.3, -0.25) is 9.80 Å². The van der Waals surface area contributed by atoms with Gasteiger partial charge < -0.3 is 33.9 Å². The van der Waals surface area contributed by atoms with Gasteiger partial charge in [-0.05, 0) is 113 Å². The number of halogens is 6. The van der Waals surface area contributed by atoms with E-state index in [0.717, 1.165) is 39.6 Å². The molecule has 0 unspecified atom stereocenters. The summed E-state index contributed by atoms with van der Waals surface area (Å²) in [6.45, 7) is 17.8. The van der Waals surface area contributed by atoms with Crippen LogP contribution in [-0.4, -0.2) is 106 Å². The predicted molar refractivity (Wildman–Crippen MR) is 283 cm³/mol. The van der Waals surface area contributed by atoms with Crippen LogP contribution in [0.15, 0.2) is 109 Å². The molecule has 4 rings (SSSR count). The molecule has 4 aromatic carbocycles. The second-order valence-electron chi connectivity index (χ2n) is 21.2. The van der Waals surface area contributed by atoms with E-state index >= 15 is 0 Å². The number of likely N-dealkylation sites (N-methyl/N-ethyl adjacent to an activating group) is 2. The van der Waals surface area contributed by atoms with Crippen LogP contribution in [0.5, 0.6) is 0 Å². The van der Waals surface area contributed by atoms with Crippen molar-refractivity contribution >= 4 is 36.1 Å². The average Bonchev–Trinajstić information content (AvgIpc) is 3.34. The molecule has 0 spiro atoms. The zero-order valence-corrected chi connectivity index (χ0v) is 46.6. The van der Waals surface area contributed by atoms with Gasteiger partial charge in [-0.1, -0.05) is 113 Å². The zero-order chi connectivity index (χ0) is 60.1. The molecule has 0 aliphatic rings. The highest BCUT2D eigenvalue weighted by molar-refractivity contribution is 5.85. The lowest BCUT2D eigenvalue weighted by molar-refractivity contribution is -0.171. The van der Waals surface area contributed by atoms with Crippen molar-refractivity contribution in [3.63, 3.8) is 0 Å². The number of benzene rings is 4. The fourth-order valence-electron chi connectivity index (χ4n) is 6.87. The summed E-state index contributed by atoms with van der Waals surface area (Å²) in [7, 11) is 2.86. The average molecular weight is 1120 g/mol. The summed E-state index contributed by atoms with van der Waals surface area (Å²) in [5, 5.41) is 18.9. The van der Waals surface area contributed by atoms with Crippen LogP contribution in [0.25, 0.3) is 0 Å². The molecular formula is C58H76F6N2O13. The maximum atomic E-state index is 13.3. The Morgan fingerprint density at radius 2 is 0.861 bits per heavy atom. The van der Waals surface area contributed by atoms with Crippen LogP contribution in [0.3, 0.4) is 0 Å². The molecule has 4 atom stereocenters. The fourth-order valence-corrected chi connectivity index (χ4v) is 6.87. The Morgan fingerprint density at radius 1 is 0.506 bits per heavy atom. The van der Waals surface area contributed by atoms with E-state index in [1.54, 1.807) is 96.1 Å². The molecule has 4 aromatic rings. The normalized spacial score (nSPS) is 13.2. The number of ether oxygens (including phenoxy) is 5. The second-order valence-corrected chi connectivity index (χ2v) is 21.2. The highest BCUT2D eigenvalue weighted by Crippen LogP contribution is 2.31. The van der Waals surface area contributed by atoms with Crippen LogP contribution in [0.4, 0.5) is 35.9 Å². The van der Waals surface area contributed by atoms with Gasteiger partial charge in [0.2, 0.25) is 6.10 Å². The maximum Gasteiger partial charge on any atom is 0.416 e. The third-order valence-electron chi connectivity index (χ3n) is 10.9. The van der Waals surface area contributed by atoms with Crippen molar-refractivity contribution in [1.29, 1.82) is 0 Å². The Morgan fingerprint density at radius 3 is 1.22 bits per heavy atom. The van der Waals surface area contributed by atoms with E-state index in [9.17, 15) is 60.2 Å². The Hall–Kier alpha value is -7.16. The van der Waals surface area contributed by atoms with Crippen LogP contribution in [-0.2, 0) is 81.3 Å². The first kappa shape index (κ1) is 67.9. The third-order valence-corrected chi connectivity index (χ3v) is 10.9. The standard InChI is InChI=1S/C29H36F3NO6.C17H15F3O3.C12H23NO4.H2/c1-19(2)16-23(33(6)27(36)39-28(3,4)5)25(34)38-24(26(35)37-18-21-10-8-7-9-11-21)17-20-12-14-22(15-13-20)29(30,31)32;18-17(19,20)14-8-6-12(7-9-14)10-15(21)16(22)23-11-13-4-2-1-3-5-13;1-8(2)7-9(10(14)15)13(6)11(16)17-12(3,4)5;/h7-15,19,23-24H,16-18H2,1-6H3;1-9,15,21H,10-11H2;8-9H,7H2,1-6H3,(H,14,15);1H/t23-,24+;15-;9-;/m010./s1/i;;;1+1. The molecule has 0 radical (unpaired) electrons. The van der Waals surface area contributed by atoms with Crippen molar-refractivity contribution < 1.29 is 90.4 Å². The summed E-state index contributed by atoms with van der Waals surface area (Å²) < 4.78 is 103. The summed E-state index contributed by atoms with van der Waals surface area (Å²) in [6.07, 6.45) is -12.8. The van der Waals surface area contributed by atoms with E-state index in [-0.39, 0.29) is 45.7 Å². The number of aliphatic hydroxyl groups excluding tert-OH is 1. The number of carboxylic acid groups (broad SMARTS) is 1. The highest BCUT2D eigenvalue weighted by atomic mass is 19.4. The Labute approximate surface area is 459 Å². The summed E-state index contributed by atoms with van der Waals surface area (Å²) in [6, 6.07) is 24.4. The first-order valence-electron chi connectivity index (χ1n) is 25.2. The molecule has 0 saturated heterocycles. The molecule has 438 valence electrons. The number of carboxylic acids is 1.